The van der Waals surface area contributed by atoms with Crippen LogP contribution in [0.25, 0.3) is 16.9 Å². The lowest BCUT2D eigenvalue weighted by Gasteiger charge is -2.02. The van der Waals surface area contributed by atoms with E-state index in [4.69, 9.17) is 10.4 Å². The zero-order valence-electron chi connectivity index (χ0n) is 13.3. The van der Waals surface area contributed by atoms with Crippen LogP contribution >= 0.6 is 0 Å². The van der Waals surface area contributed by atoms with Gasteiger partial charge in [0.05, 0.1) is 29.6 Å². The Morgan fingerprint density at radius 1 is 1.00 bits per heavy atom. The minimum atomic E-state index is 0.572. The minimum Gasteiger partial charge on any atom is -0.248 e. The predicted molar refractivity (Wildman–Crippen MR) is 92.8 cm³/mol. The lowest BCUT2D eigenvalue weighted by atomic mass is 10.1. The second kappa shape index (κ2) is 6.42. The summed E-state index contributed by atoms with van der Waals surface area (Å²) >= 11 is 0. The third-order valence-electron chi connectivity index (χ3n) is 3.90. The number of rotatable bonds is 4. The SMILES string of the molecule is N#Cc1ccc(-c2nn(-c3ccccc3)cc2Cn2cncn2)cc1. The summed E-state index contributed by atoms with van der Waals surface area (Å²) in [5.74, 6) is 0. The Morgan fingerprint density at radius 2 is 1.80 bits per heavy atom. The van der Waals surface area contributed by atoms with Crippen molar-refractivity contribution in [2.75, 3.05) is 0 Å². The third-order valence-corrected chi connectivity index (χ3v) is 3.90. The van der Waals surface area contributed by atoms with E-state index in [1.807, 2.05) is 53.3 Å². The van der Waals surface area contributed by atoms with Crippen molar-refractivity contribution in [3.05, 3.63) is 84.6 Å². The maximum atomic E-state index is 8.99. The van der Waals surface area contributed by atoms with Crippen LogP contribution in [0, 0.1) is 11.3 Å². The van der Waals surface area contributed by atoms with Gasteiger partial charge in [0.1, 0.15) is 12.7 Å². The van der Waals surface area contributed by atoms with Crippen molar-refractivity contribution in [3.63, 3.8) is 0 Å². The molecular formula is C19H14N6. The van der Waals surface area contributed by atoms with Gasteiger partial charge in [-0.2, -0.15) is 15.5 Å². The molecule has 0 amide bonds. The van der Waals surface area contributed by atoms with Crippen molar-refractivity contribution in [1.82, 2.24) is 24.5 Å². The number of hydrogen-bond donors (Lipinski definition) is 0. The van der Waals surface area contributed by atoms with E-state index in [2.05, 4.69) is 16.2 Å². The fourth-order valence-electron chi connectivity index (χ4n) is 2.67. The summed E-state index contributed by atoms with van der Waals surface area (Å²) in [5.41, 5.74) is 4.47. The van der Waals surface area contributed by atoms with Gasteiger partial charge in [-0.25, -0.2) is 14.3 Å². The molecule has 0 radical (unpaired) electrons. The van der Waals surface area contributed by atoms with Crippen LogP contribution < -0.4 is 0 Å². The fraction of sp³-hybridized carbons (Fsp3) is 0.0526. The van der Waals surface area contributed by atoms with Gasteiger partial charge in [0.25, 0.3) is 0 Å². The average Bonchev–Trinajstić information content (AvgIpc) is 3.33. The molecule has 0 N–H and O–H groups in total. The molecule has 2 heterocycles. The number of hydrogen-bond acceptors (Lipinski definition) is 4. The fourth-order valence-corrected chi connectivity index (χ4v) is 2.67. The molecule has 4 aromatic rings. The molecule has 0 spiro atoms. The molecule has 0 aliphatic rings. The number of benzene rings is 2. The standard InChI is InChI=1S/C19H14N6/c20-10-15-6-8-16(9-7-15)19-17(11-24-14-21-13-22-24)12-25(23-19)18-4-2-1-3-5-18/h1-9,12-14H,11H2. The molecule has 0 aliphatic carbocycles. The number of aromatic nitrogens is 5. The molecule has 0 unspecified atom stereocenters. The van der Waals surface area contributed by atoms with Crippen molar-refractivity contribution in [2.45, 2.75) is 6.54 Å². The van der Waals surface area contributed by atoms with E-state index >= 15 is 0 Å². The van der Waals surface area contributed by atoms with Gasteiger partial charge in [0, 0.05) is 17.3 Å². The first-order chi connectivity index (χ1) is 12.3. The van der Waals surface area contributed by atoms with Gasteiger partial charge in [0.2, 0.25) is 0 Å². The minimum absolute atomic E-state index is 0.572. The van der Waals surface area contributed by atoms with Crippen LogP contribution in [0.3, 0.4) is 0 Å². The Labute approximate surface area is 144 Å². The normalized spacial score (nSPS) is 10.5. The Bertz CT molecular complexity index is 1010. The van der Waals surface area contributed by atoms with Gasteiger partial charge < -0.3 is 0 Å². The highest BCUT2D eigenvalue weighted by Gasteiger charge is 2.13. The maximum Gasteiger partial charge on any atom is 0.137 e. The topological polar surface area (TPSA) is 72.3 Å². The molecular weight excluding hydrogens is 312 g/mol. The number of nitrogens with zero attached hydrogens (tertiary/aromatic N) is 6. The van der Waals surface area contributed by atoms with Crippen molar-refractivity contribution >= 4 is 0 Å². The molecule has 0 saturated heterocycles. The zero-order chi connectivity index (χ0) is 17.1. The molecule has 6 heteroatoms. The van der Waals surface area contributed by atoms with Crippen LogP contribution in [0.5, 0.6) is 0 Å². The van der Waals surface area contributed by atoms with Crippen LogP contribution in [0.1, 0.15) is 11.1 Å². The third kappa shape index (κ3) is 3.03. The second-order valence-electron chi connectivity index (χ2n) is 5.57. The van der Waals surface area contributed by atoms with Gasteiger partial charge in [-0.1, -0.05) is 30.3 Å². The maximum absolute atomic E-state index is 8.99. The largest absolute Gasteiger partial charge is 0.248 e. The van der Waals surface area contributed by atoms with Crippen LogP contribution in [-0.2, 0) is 6.54 Å². The van der Waals surface area contributed by atoms with Gasteiger partial charge in [0.15, 0.2) is 0 Å². The van der Waals surface area contributed by atoms with E-state index in [-0.39, 0.29) is 0 Å². The summed E-state index contributed by atoms with van der Waals surface area (Å²) in [4.78, 5) is 4.00. The van der Waals surface area contributed by atoms with E-state index < -0.39 is 0 Å². The molecule has 25 heavy (non-hydrogen) atoms. The molecule has 2 aromatic heterocycles. The first kappa shape index (κ1) is 14.8. The Morgan fingerprint density at radius 3 is 2.48 bits per heavy atom. The molecule has 0 fully saturated rings. The van der Waals surface area contributed by atoms with Crippen LogP contribution in [0.15, 0.2) is 73.4 Å². The highest BCUT2D eigenvalue weighted by Crippen LogP contribution is 2.24. The quantitative estimate of drug-likeness (QED) is 0.578. The van der Waals surface area contributed by atoms with Gasteiger partial charge in [-0.15, -0.1) is 0 Å². The van der Waals surface area contributed by atoms with Crippen molar-refractivity contribution in [1.29, 1.82) is 5.26 Å². The van der Waals surface area contributed by atoms with Gasteiger partial charge >= 0.3 is 0 Å². The molecule has 0 aliphatic heterocycles. The van der Waals surface area contributed by atoms with Crippen molar-refractivity contribution in [2.24, 2.45) is 0 Å². The summed E-state index contributed by atoms with van der Waals surface area (Å²) in [7, 11) is 0. The zero-order valence-corrected chi connectivity index (χ0v) is 13.3. The Hall–Kier alpha value is -3.72. The van der Waals surface area contributed by atoms with E-state index in [0.29, 0.717) is 12.1 Å². The van der Waals surface area contributed by atoms with Crippen LogP contribution in [0.2, 0.25) is 0 Å². The monoisotopic (exact) mass is 326 g/mol. The summed E-state index contributed by atoms with van der Waals surface area (Å²) in [6, 6.07) is 19.5. The molecule has 2 aromatic carbocycles. The molecule has 0 atom stereocenters. The Kier molecular flexibility index (Phi) is 3.81. The Balaban J connectivity index is 1.79. The average molecular weight is 326 g/mol. The summed E-state index contributed by atoms with van der Waals surface area (Å²) in [6.45, 7) is 0.572. The summed E-state index contributed by atoms with van der Waals surface area (Å²) in [5, 5.41) is 17.9. The molecule has 120 valence electrons. The van der Waals surface area contributed by atoms with Crippen molar-refractivity contribution < 1.29 is 0 Å². The van der Waals surface area contributed by atoms with Gasteiger partial charge in [-0.3, -0.25) is 0 Å². The lowest BCUT2D eigenvalue weighted by molar-refractivity contribution is 0.685. The molecule has 0 saturated carbocycles. The van der Waals surface area contributed by atoms with E-state index in [9.17, 15) is 0 Å². The lowest BCUT2D eigenvalue weighted by Crippen LogP contribution is -2.00. The van der Waals surface area contributed by atoms with E-state index in [1.54, 1.807) is 23.1 Å². The first-order valence-electron chi connectivity index (χ1n) is 7.80. The van der Waals surface area contributed by atoms with E-state index in [1.165, 1.54) is 6.33 Å². The van der Waals surface area contributed by atoms with Crippen molar-refractivity contribution in [3.8, 4) is 23.0 Å². The number of nitriles is 1. The predicted octanol–water partition coefficient (Wildman–Crippen LogP) is 3.05. The highest BCUT2D eigenvalue weighted by atomic mass is 15.3. The van der Waals surface area contributed by atoms with E-state index in [0.717, 1.165) is 22.5 Å². The molecule has 4 rings (SSSR count). The second-order valence-corrected chi connectivity index (χ2v) is 5.57. The molecule has 0 bridgehead atoms. The van der Waals surface area contributed by atoms with Crippen LogP contribution in [0.4, 0.5) is 0 Å². The summed E-state index contributed by atoms with van der Waals surface area (Å²) in [6.07, 6.45) is 5.20. The first-order valence-corrected chi connectivity index (χ1v) is 7.80. The van der Waals surface area contributed by atoms with Gasteiger partial charge in [-0.05, 0) is 24.3 Å². The summed E-state index contributed by atoms with van der Waals surface area (Å²) < 4.78 is 3.62. The number of para-hydroxylation sites is 1. The smallest absolute Gasteiger partial charge is 0.137 e. The van der Waals surface area contributed by atoms with Crippen LogP contribution in [-0.4, -0.2) is 24.5 Å². The highest BCUT2D eigenvalue weighted by molar-refractivity contribution is 5.64. The molecule has 6 nitrogen and oxygen atoms in total.